The molecule has 0 saturated heterocycles. The summed E-state index contributed by atoms with van der Waals surface area (Å²) in [6.07, 6.45) is -2.26. The van der Waals surface area contributed by atoms with Crippen LogP contribution in [-0.4, -0.2) is 41.8 Å². The minimum atomic E-state index is -1.49. The van der Waals surface area contributed by atoms with E-state index >= 15 is 0 Å². The molecule has 1 unspecified atom stereocenters. The molecule has 0 spiro atoms. The number of carbonyl (C=O) groups excluding carboxylic acids is 2. The summed E-state index contributed by atoms with van der Waals surface area (Å²) >= 11 is 0. The van der Waals surface area contributed by atoms with Crippen molar-refractivity contribution in [2.24, 2.45) is 0 Å². The van der Waals surface area contributed by atoms with E-state index < -0.39 is 30.8 Å². The van der Waals surface area contributed by atoms with Gasteiger partial charge in [0.05, 0.1) is 0 Å². The third-order valence-corrected chi connectivity index (χ3v) is 3.92. The van der Waals surface area contributed by atoms with Gasteiger partial charge in [0.2, 0.25) is 5.91 Å². The molecule has 2 aromatic carbocycles. The lowest BCUT2D eigenvalue weighted by atomic mass is 10.1. The molecule has 0 aromatic heterocycles. The van der Waals surface area contributed by atoms with Gasteiger partial charge in [0.15, 0.2) is 0 Å². The fourth-order valence-electron chi connectivity index (χ4n) is 2.36. The molecule has 0 aliphatic rings. The first kappa shape index (κ1) is 22.3. The van der Waals surface area contributed by atoms with Crippen molar-refractivity contribution in [2.75, 3.05) is 6.67 Å². The van der Waals surface area contributed by atoms with Crippen LogP contribution in [0.4, 0.5) is 14.0 Å². The van der Waals surface area contributed by atoms with Crippen LogP contribution in [0, 0.1) is 5.41 Å². The second kappa shape index (κ2) is 11.1. The second-order valence-corrected chi connectivity index (χ2v) is 6.13. The normalized spacial score (nSPS) is 11.1. The minimum Gasteiger partial charge on any atom is -0.465 e. The van der Waals surface area contributed by atoms with Gasteiger partial charge in [0.1, 0.15) is 25.2 Å². The van der Waals surface area contributed by atoms with Crippen molar-refractivity contribution in [1.29, 1.82) is 5.41 Å². The minimum absolute atomic E-state index is 0.0385. The van der Waals surface area contributed by atoms with E-state index in [1.165, 1.54) is 0 Å². The Morgan fingerprint density at radius 1 is 1.03 bits per heavy atom. The highest BCUT2D eigenvalue weighted by molar-refractivity contribution is 6.04. The first-order valence-electron chi connectivity index (χ1n) is 8.87. The molecule has 1 atom stereocenters. The summed E-state index contributed by atoms with van der Waals surface area (Å²) < 4.78 is 17.8. The Hall–Kier alpha value is -3.95. The average molecular weight is 416 g/mol. The Kier molecular flexibility index (Phi) is 8.30. The van der Waals surface area contributed by atoms with Gasteiger partial charge in [0, 0.05) is 12.1 Å². The molecule has 0 bridgehead atoms. The molecular weight excluding hydrogens is 395 g/mol. The third-order valence-electron chi connectivity index (χ3n) is 3.92. The summed E-state index contributed by atoms with van der Waals surface area (Å²) in [5.74, 6) is -0.952. The van der Waals surface area contributed by atoms with Crippen molar-refractivity contribution in [2.45, 2.75) is 19.2 Å². The average Bonchev–Trinajstić information content (AvgIpc) is 2.75. The Bertz CT molecular complexity index is 890. The smallest absolute Gasteiger partial charge is 0.413 e. The SMILES string of the molecule is N=C(NC(=O)OCc1ccccc1)c1ccc(CNC(=O)C(CF)NC(=O)O)cc1. The van der Waals surface area contributed by atoms with Crippen LogP contribution in [0.3, 0.4) is 0 Å². The van der Waals surface area contributed by atoms with Gasteiger partial charge in [-0.15, -0.1) is 0 Å². The van der Waals surface area contributed by atoms with Gasteiger partial charge in [-0.05, 0) is 11.1 Å². The first-order valence-corrected chi connectivity index (χ1v) is 8.87. The fourth-order valence-corrected chi connectivity index (χ4v) is 2.36. The van der Waals surface area contributed by atoms with Gasteiger partial charge in [-0.2, -0.15) is 0 Å². The Morgan fingerprint density at radius 2 is 1.70 bits per heavy atom. The van der Waals surface area contributed by atoms with E-state index in [1.807, 2.05) is 30.3 Å². The van der Waals surface area contributed by atoms with E-state index in [4.69, 9.17) is 15.3 Å². The highest BCUT2D eigenvalue weighted by atomic mass is 19.1. The molecule has 0 fully saturated rings. The maximum Gasteiger partial charge on any atom is 0.413 e. The van der Waals surface area contributed by atoms with Gasteiger partial charge < -0.3 is 20.5 Å². The molecule has 158 valence electrons. The summed E-state index contributed by atoms with van der Waals surface area (Å²) in [6.45, 7) is -1.05. The molecule has 3 amide bonds. The topological polar surface area (TPSA) is 141 Å². The molecule has 5 N–H and O–H groups in total. The Morgan fingerprint density at radius 3 is 2.30 bits per heavy atom. The van der Waals surface area contributed by atoms with Gasteiger partial charge in [-0.3, -0.25) is 15.5 Å². The zero-order valence-electron chi connectivity index (χ0n) is 15.9. The molecular formula is C20H21FN4O5. The summed E-state index contributed by atoms with van der Waals surface area (Å²) in [7, 11) is 0. The molecule has 2 rings (SSSR count). The number of carboxylic acid groups (broad SMARTS) is 1. The predicted molar refractivity (Wildman–Crippen MR) is 106 cm³/mol. The maximum absolute atomic E-state index is 12.7. The molecule has 0 saturated carbocycles. The highest BCUT2D eigenvalue weighted by Gasteiger charge is 2.19. The number of nitrogens with one attached hydrogen (secondary N) is 4. The van der Waals surface area contributed by atoms with E-state index in [9.17, 15) is 18.8 Å². The molecule has 9 nitrogen and oxygen atoms in total. The Labute approximate surface area is 171 Å². The van der Waals surface area contributed by atoms with Crippen LogP contribution >= 0.6 is 0 Å². The number of carbonyl (C=O) groups is 3. The summed E-state index contributed by atoms with van der Waals surface area (Å²) in [5, 5.41) is 23.0. The molecule has 30 heavy (non-hydrogen) atoms. The number of hydrogen-bond donors (Lipinski definition) is 5. The van der Waals surface area contributed by atoms with Crippen LogP contribution in [0.1, 0.15) is 16.7 Å². The second-order valence-electron chi connectivity index (χ2n) is 6.13. The van der Waals surface area contributed by atoms with Crippen LogP contribution in [-0.2, 0) is 22.7 Å². The van der Waals surface area contributed by atoms with E-state index in [-0.39, 0.29) is 19.0 Å². The summed E-state index contributed by atoms with van der Waals surface area (Å²) in [5.41, 5.74) is 1.87. The van der Waals surface area contributed by atoms with Crippen molar-refractivity contribution >= 4 is 23.9 Å². The van der Waals surface area contributed by atoms with Crippen molar-refractivity contribution in [1.82, 2.24) is 16.0 Å². The molecule has 10 heteroatoms. The van der Waals surface area contributed by atoms with Crippen LogP contribution < -0.4 is 16.0 Å². The van der Waals surface area contributed by atoms with Crippen molar-refractivity contribution in [3.8, 4) is 0 Å². The van der Waals surface area contributed by atoms with Gasteiger partial charge >= 0.3 is 12.2 Å². The molecule has 0 aliphatic heterocycles. The quantitative estimate of drug-likeness (QED) is 0.331. The number of amides is 3. The zero-order chi connectivity index (χ0) is 21.9. The van der Waals surface area contributed by atoms with Crippen molar-refractivity contribution < 1.29 is 28.6 Å². The summed E-state index contributed by atoms with van der Waals surface area (Å²) in [4.78, 5) is 34.1. The van der Waals surface area contributed by atoms with E-state index in [2.05, 4.69) is 10.6 Å². The third kappa shape index (κ3) is 7.23. The van der Waals surface area contributed by atoms with E-state index in [0.717, 1.165) is 5.56 Å². The van der Waals surface area contributed by atoms with Gasteiger partial charge in [-0.1, -0.05) is 54.6 Å². The van der Waals surface area contributed by atoms with Crippen LogP contribution in [0.2, 0.25) is 0 Å². The largest absolute Gasteiger partial charge is 0.465 e. The number of halogens is 1. The molecule has 0 aliphatic carbocycles. The molecule has 0 heterocycles. The highest BCUT2D eigenvalue weighted by Crippen LogP contribution is 2.06. The van der Waals surface area contributed by atoms with Crippen molar-refractivity contribution in [3.63, 3.8) is 0 Å². The monoisotopic (exact) mass is 416 g/mol. The molecule has 2 aromatic rings. The number of alkyl halides is 1. The lowest BCUT2D eigenvalue weighted by Crippen LogP contribution is -2.47. The van der Waals surface area contributed by atoms with Crippen molar-refractivity contribution in [3.05, 3.63) is 71.3 Å². The van der Waals surface area contributed by atoms with Gasteiger partial charge in [0.25, 0.3) is 0 Å². The predicted octanol–water partition coefficient (Wildman–Crippen LogP) is 2.16. The van der Waals surface area contributed by atoms with E-state index in [0.29, 0.717) is 11.1 Å². The van der Waals surface area contributed by atoms with Crippen LogP contribution in [0.25, 0.3) is 0 Å². The fraction of sp³-hybridized carbons (Fsp3) is 0.200. The number of hydrogen-bond acceptors (Lipinski definition) is 5. The summed E-state index contributed by atoms with van der Waals surface area (Å²) in [6, 6.07) is 14.0. The van der Waals surface area contributed by atoms with Gasteiger partial charge in [-0.25, -0.2) is 14.0 Å². The van der Waals surface area contributed by atoms with E-state index in [1.54, 1.807) is 29.6 Å². The number of benzene rings is 2. The molecule has 0 radical (unpaired) electrons. The zero-order valence-corrected chi connectivity index (χ0v) is 15.9. The lowest BCUT2D eigenvalue weighted by Gasteiger charge is -2.13. The lowest BCUT2D eigenvalue weighted by molar-refractivity contribution is -0.123. The van der Waals surface area contributed by atoms with Crippen LogP contribution in [0.15, 0.2) is 54.6 Å². The number of rotatable bonds is 8. The van der Waals surface area contributed by atoms with Crippen LogP contribution in [0.5, 0.6) is 0 Å². The first-order chi connectivity index (χ1) is 14.4. The maximum atomic E-state index is 12.7. The number of amidine groups is 1. The number of alkyl carbamates (subject to hydrolysis) is 1. The Balaban J connectivity index is 1.81. The standard InChI is InChI=1S/C20H21FN4O5/c21-10-16(24-19(27)28)18(26)23-11-13-6-8-15(9-7-13)17(22)25-20(29)30-12-14-4-2-1-3-5-14/h1-9,16,24H,10-12H2,(H,23,26)(H,27,28)(H2,22,25,29). The number of ether oxygens (including phenoxy) is 1.